The Bertz CT molecular complexity index is 609. The maximum Gasteiger partial charge on any atom is 0.312 e. The maximum atomic E-state index is 11.1. The number of carboxylic acids is 1. The zero-order chi connectivity index (χ0) is 14.1. The van der Waals surface area contributed by atoms with Gasteiger partial charge < -0.3 is 10.4 Å². The molecule has 7 heteroatoms. The Morgan fingerprint density at radius 2 is 2.50 bits per heavy atom. The molecule has 0 amide bonds. The number of aryl methyl sites for hydroxylation is 1. The summed E-state index contributed by atoms with van der Waals surface area (Å²) in [6, 6.07) is 0. The van der Waals surface area contributed by atoms with Crippen molar-refractivity contribution in [2.24, 2.45) is 0 Å². The summed E-state index contributed by atoms with van der Waals surface area (Å²) >= 11 is 3.23. The predicted molar refractivity (Wildman–Crippen MR) is 79.8 cm³/mol. The first-order chi connectivity index (χ1) is 9.65. The van der Waals surface area contributed by atoms with Crippen molar-refractivity contribution in [3.63, 3.8) is 0 Å². The molecule has 0 spiro atoms. The number of hydrogen-bond donors (Lipinski definition) is 2. The molecule has 2 unspecified atom stereocenters. The van der Waals surface area contributed by atoms with Gasteiger partial charge in [-0.15, -0.1) is 22.7 Å². The molecule has 0 radical (unpaired) electrons. The fourth-order valence-electron chi connectivity index (χ4n) is 2.35. The van der Waals surface area contributed by atoms with Crippen molar-refractivity contribution in [2.75, 3.05) is 11.9 Å². The van der Waals surface area contributed by atoms with Gasteiger partial charge in [-0.3, -0.25) is 4.79 Å². The van der Waals surface area contributed by atoms with Crippen LogP contribution in [0.4, 0.5) is 5.13 Å². The zero-order valence-corrected chi connectivity index (χ0v) is 12.6. The SMILES string of the molecule is CC(CNc1nc2c(s1)CCC2C(=O)O)c1nccs1. The van der Waals surface area contributed by atoms with Crippen LogP contribution in [0.3, 0.4) is 0 Å². The highest BCUT2D eigenvalue weighted by Gasteiger charge is 2.32. The second kappa shape index (κ2) is 5.49. The average molecular weight is 309 g/mol. The number of aromatic nitrogens is 2. The summed E-state index contributed by atoms with van der Waals surface area (Å²) in [5.74, 6) is -0.867. The topological polar surface area (TPSA) is 75.1 Å². The number of anilines is 1. The van der Waals surface area contributed by atoms with Gasteiger partial charge in [0, 0.05) is 28.9 Å². The number of hydrogen-bond acceptors (Lipinski definition) is 6. The van der Waals surface area contributed by atoms with E-state index in [1.54, 1.807) is 22.7 Å². The first-order valence-electron chi connectivity index (χ1n) is 6.51. The fraction of sp³-hybridized carbons (Fsp3) is 0.462. The van der Waals surface area contributed by atoms with Gasteiger partial charge in [0.25, 0.3) is 0 Å². The standard InChI is InChI=1S/C13H15N3O2S2/c1-7(11-14-4-5-19-11)6-15-13-16-10-8(12(17)18)2-3-9(10)20-13/h4-5,7-8H,2-3,6H2,1H3,(H,15,16)(H,17,18). The van der Waals surface area contributed by atoms with E-state index in [0.717, 1.165) is 33.7 Å². The molecule has 1 aliphatic carbocycles. The van der Waals surface area contributed by atoms with E-state index < -0.39 is 11.9 Å². The molecular formula is C13H15N3O2S2. The number of aliphatic carboxylic acids is 1. The molecule has 0 aromatic carbocycles. The first kappa shape index (κ1) is 13.5. The lowest BCUT2D eigenvalue weighted by Gasteiger charge is -2.09. The van der Waals surface area contributed by atoms with Crippen LogP contribution in [0.2, 0.25) is 0 Å². The van der Waals surface area contributed by atoms with Crippen molar-refractivity contribution < 1.29 is 9.90 Å². The van der Waals surface area contributed by atoms with Crippen molar-refractivity contribution in [3.05, 3.63) is 27.2 Å². The van der Waals surface area contributed by atoms with Crippen molar-refractivity contribution in [1.82, 2.24) is 9.97 Å². The number of carbonyl (C=O) groups is 1. The predicted octanol–water partition coefficient (Wildman–Crippen LogP) is 2.93. The minimum atomic E-state index is -0.767. The summed E-state index contributed by atoms with van der Waals surface area (Å²) in [5, 5.41) is 16.4. The fourth-order valence-corrected chi connectivity index (χ4v) is 4.09. The van der Waals surface area contributed by atoms with Gasteiger partial charge in [-0.1, -0.05) is 6.92 Å². The third-order valence-electron chi connectivity index (χ3n) is 3.45. The largest absolute Gasteiger partial charge is 0.481 e. The highest BCUT2D eigenvalue weighted by atomic mass is 32.1. The van der Waals surface area contributed by atoms with Gasteiger partial charge >= 0.3 is 5.97 Å². The number of thiazole rings is 2. The van der Waals surface area contributed by atoms with Crippen molar-refractivity contribution in [1.29, 1.82) is 0 Å². The summed E-state index contributed by atoms with van der Waals surface area (Å²) in [6.07, 6.45) is 3.32. The molecule has 0 bridgehead atoms. The van der Waals surface area contributed by atoms with E-state index in [1.165, 1.54) is 0 Å². The van der Waals surface area contributed by atoms with E-state index in [0.29, 0.717) is 12.3 Å². The molecule has 0 aliphatic heterocycles. The number of fused-ring (bicyclic) bond motifs is 1. The molecule has 20 heavy (non-hydrogen) atoms. The van der Waals surface area contributed by atoms with Gasteiger partial charge in [0.1, 0.15) is 5.92 Å². The van der Waals surface area contributed by atoms with E-state index in [1.807, 2.05) is 11.6 Å². The Labute approximate surface area is 124 Å². The van der Waals surface area contributed by atoms with Crippen LogP contribution >= 0.6 is 22.7 Å². The molecule has 2 atom stereocenters. The molecule has 2 N–H and O–H groups in total. The summed E-state index contributed by atoms with van der Waals surface area (Å²) in [6.45, 7) is 2.88. The maximum absolute atomic E-state index is 11.1. The summed E-state index contributed by atoms with van der Waals surface area (Å²) in [5.41, 5.74) is 0.756. The summed E-state index contributed by atoms with van der Waals surface area (Å²) in [7, 11) is 0. The quantitative estimate of drug-likeness (QED) is 0.888. The highest BCUT2D eigenvalue weighted by Crippen LogP contribution is 2.38. The van der Waals surface area contributed by atoms with Crippen LogP contribution in [0.25, 0.3) is 0 Å². The van der Waals surface area contributed by atoms with Crippen molar-refractivity contribution >= 4 is 33.8 Å². The number of rotatable bonds is 5. The Morgan fingerprint density at radius 1 is 1.65 bits per heavy atom. The minimum absolute atomic E-state index is 0.323. The van der Waals surface area contributed by atoms with Crippen LogP contribution in [0.5, 0.6) is 0 Å². The second-order valence-electron chi connectivity index (χ2n) is 4.91. The molecular weight excluding hydrogens is 294 g/mol. The van der Waals surface area contributed by atoms with Crippen LogP contribution in [-0.4, -0.2) is 27.6 Å². The van der Waals surface area contributed by atoms with E-state index in [4.69, 9.17) is 5.11 Å². The van der Waals surface area contributed by atoms with Gasteiger partial charge in [0.05, 0.1) is 10.7 Å². The summed E-state index contributed by atoms with van der Waals surface area (Å²) in [4.78, 5) is 21.0. The lowest BCUT2D eigenvalue weighted by atomic mass is 10.1. The molecule has 1 aliphatic rings. The second-order valence-corrected chi connectivity index (χ2v) is 6.92. The van der Waals surface area contributed by atoms with E-state index in [9.17, 15) is 4.79 Å². The van der Waals surface area contributed by atoms with Crippen LogP contribution < -0.4 is 5.32 Å². The Hall–Kier alpha value is -1.47. The molecule has 5 nitrogen and oxygen atoms in total. The van der Waals surface area contributed by atoms with Gasteiger partial charge in [-0.25, -0.2) is 9.97 Å². The smallest absolute Gasteiger partial charge is 0.312 e. The highest BCUT2D eigenvalue weighted by molar-refractivity contribution is 7.15. The number of nitrogens with one attached hydrogen (secondary N) is 1. The lowest BCUT2D eigenvalue weighted by molar-refractivity contribution is -0.138. The third-order valence-corrected chi connectivity index (χ3v) is 5.54. The van der Waals surface area contributed by atoms with E-state index in [2.05, 4.69) is 22.2 Å². The normalized spacial score (nSPS) is 18.8. The molecule has 0 saturated carbocycles. The van der Waals surface area contributed by atoms with E-state index in [-0.39, 0.29) is 0 Å². The molecule has 2 aromatic rings. The van der Waals surface area contributed by atoms with Crippen LogP contribution in [0.1, 0.15) is 40.8 Å². The monoisotopic (exact) mass is 309 g/mol. The molecule has 3 rings (SSSR count). The molecule has 0 fully saturated rings. The molecule has 2 aromatic heterocycles. The van der Waals surface area contributed by atoms with Crippen molar-refractivity contribution in [3.8, 4) is 0 Å². The van der Waals surface area contributed by atoms with Crippen LogP contribution in [0, 0.1) is 0 Å². The van der Waals surface area contributed by atoms with Crippen molar-refractivity contribution in [2.45, 2.75) is 31.6 Å². The van der Waals surface area contributed by atoms with E-state index >= 15 is 0 Å². The molecule has 106 valence electrons. The van der Waals surface area contributed by atoms with Gasteiger partial charge in [-0.2, -0.15) is 0 Å². The number of nitrogens with zero attached hydrogens (tertiary/aromatic N) is 2. The van der Waals surface area contributed by atoms with Crippen LogP contribution in [0.15, 0.2) is 11.6 Å². The zero-order valence-electron chi connectivity index (χ0n) is 11.0. The minimum Gasteiger partial charge on any atom is -0.481 e. The average Bonchev–Trinajstić information content (AvgIpc) is 3.11. The lowest BCUT2D eigenvalue weighted by Crippen LogP contribution is -2.11. The summed E-state index contributed by atoms with van der Waals surface area (Å²) < 4.78 is 0. The third kappa shape index (κ3) is 2.55. The molecule has 2 heterocycles. The molecule has 0 saturated heterocycles. The van der Waals surface area contributed by atoms with Gasteiger partial charge in [0.2, 0.25) is 0 Å². The Balaban J connectivity index is 1.65. The number of carboxylic acid groups (broad SMARTS) is 1. The van der Waals surface area contributed by atoms with Gasteiger partial charge in [0.15, 0.2) is 5.13 Å². The van der Waals surface area contributed by atoms with Gasteiger partial charge in [-0.05, 0) is 12.8 Å². The Morgan fingerprint density at radius 3 is 3.20 bits per heavy atom. The van der Waals surface area contributed by atoms with Crippen LogP contribution in [-0.2, 0) is 11.2 Å². The first-order valence-corrected chi connectivity index (χ1v) is 8.20. The Kier molecular flexibility index (Phi) is 3.71.